The molecular formula is C21H17N3O. The lowest BCUT2D eigenvalue weighted by Gasteiger charge is -2.05. The Bertz CT molecular complexity index is 1030. The highest BCUT2D eigenvalue weighted by Gasteiger charge is 2.07. The number of nitrogens with one attached hydrogen (secondary N) is 2. The molecule has 1 amide bonds. The van der Waals surface area contributed by atoms with Crippen molar-refractivity contribution in [3.8, 4) is 11.4 Å². The maximum atomic E-state index is 12.2. The van der Waals surface area contributed by atoms with E-state index in [9.17, 15) is 4.79 Å². The van der Waals surface area contributed by atoms with Gasteiger partial charge in [0.05, 0.1) is 11.0 Å². The quantitative estimate of drug-likeness (QED) is 0.568. The molecule has 4 nitrogen and oxygen atoms in total. The SMILES string of the molecule is Cc1ccc2nc(-c3ccc(NC(=O)c4ccccc4)cc3)[nH]c2c1. The summed E-state index contributed by atoms with van der Waals surface area (Å²) in [7, 11) is 0. The molecule has 0 radical (unpaired) electrons. The first-order chi connectivity index (χ1) is 12.2. The molecule has 0 aliphatic carbocycles. The third kappa shape index (κ3) is 3.15. The van der Waals surface area contributed by atoms with E-state index in [1.54, 1.807) is 12.1 Å². The minimum Gasteiger partial charge on any atom is -0.338 e. The maximum Gasteiger partial charge on any atom is 0.255 e. The zero-order valence-corrected chi connectivity index (χ0v) is 13.8. The number of aryl methyl sites for hydroxylation is 1. The van der Waals surface area contributed by atoms with Crippen LogP contribution in [0.4, 0.5) is 5.69 Å². The molecule has 4 aromatic rings. The number of aromatic amines is 1. The van der Waals surface area contributed by atoms with E-state index in [0.717, 1.165) is 28.1 Å². The van der Waals surface area contributed by atoms with Crippen molar-refractivity contribution < 1.29 is 4.79 Å². The Balaban J connectivity index is 1.56. The van der Waals surface area contributed by atoms with Crippen molar-refractivity contribution >= 4 is 22.6 Å². The predicted molar refractivity (Wildman–Crippen MR) is 101 cm³/mol. The van der Waals surface area contributed by atoms with Gasteiger partial charge < -0.3 is 10.3 Å². The first kappa shape index (κ1) is 15.1. The van der Waals surface area contributed by atoms with E-state index in [0.29, 0.717) is 5.56 Å². The Hall–Kier alpha value is -3.40. The summed E-state index contributed by atoms with van der Waals surface area (Å²) in [6, 6.07) is 23.0. The average molecular weight is 327 g/mol. The van der Waals surface area contributed by atoms with E-state index in [2.05, 4.69) is 34.3 Å². The van der Waals surface area contributed by atoms with Gasteiger partial charge in [0.25, 0.3) is 5.91 Å². The molecule has 4 heteroatoms. The summed E-state index contributed by atoms with van der Waals surface area (Å²) < 4.78 is 0. The summed E-state index contributed by atoms with van der Waals surface area (Å²) >= 11 is 0. The number of fused-ring (bicyclic) bond motifs is 1. The summed E-state index contributed by atoms with van der Waals surface area (Å²) in [5.74, 6) is 0.703. The third-order valence-corrected chi connectivity index (χ3v) is 4.09. The summed E-state index contributed by atoms with van der Waals surface area (Å²) in [6.07, 6.45) is 0. The van der Waals surface area contributed by atoms with Gasteiger partial charge in [-0.1, -0.05) is 24.3 Å². The van der Waals surface area contributed by atoms with Crippen LogP contribution in [-0.4, -0.2) is 15.9 Å². The van der Waals surface area contributed by atoms with Gasteiger partial charge in [-0.2, -0.15) is 0 Å². The number of imidazole rings is 1. The van der Waals surface area contributed by atoms with Gasteiger partial charge in [0.2, 0.25) is 0 Å². The standard InChI is InChI=1S/C21H17N3O/c1-14-7-12-18-19(13-14)24-20(23-18)15-8-10-17(11-9-15)22-21(25)16-5-3-2-4-6-16/h2-13H,1H3,(H,22,25)(H,23,24). The fraction of sp³-hybridized carbons (Fsp3) is 0.0476. The number of rotatable bonds is 3. The van der Waals surface area contributed by atoms with Crippen LogP contribution in [0.2, 0.25) is 0 Å². The molecule has 0 atom stereocenters. The van der Waals surface area contributed by atoms with Crippen molar-refractivity contribution in [1.82, 2.24) is 9.97 Å². The smallest absolute Gasteiger partial charge is 0.255 e. The molecule has 0 saturated carbocycles. The third-order valence-electron chi connectivity index (χ3n) is 4.09. The fourth-order valence-electron chi connectivity index (χ4n) is 2.76. The molecule has 1 aromatic heterocycles. The molecule has 122 valence electrons. The molecular weight excluding hydrogens is 310 g/mol. The number of hydrogen-bond donors (Lipinski definition) is 2. The Morgan fingerprint density at radius 3 is 2.48 bits per heavy atom. The van der Waals surface area contributed by atoms with Crippen LogP contribution in [0.5, 0.6) is 0 Å². The number of anilines is 1. The second kappa shape index (κ2) is 6.24. The van der Waals surface area contributed by atoms with Gasteiger partial charge >= 0.3 is 0 Å². The predicted octanol–water partition coefficient (Wildman–Crippen LogP) is 4.79. The highest BCUT2D eigenvalue weighted by atomic mass is 16.1. The number of amides is 1. The van der Waals surface area contributed by atoms with Crippen molar-refractivity contribution in [2.45, 2.75) is 6.92 Å². The Kier molecular flexibility index (Phi) is 3.78. The normalized spacial score (nSPS) is 10.8. The van der Waals surface area contributed by atoms with Gasteiger partial charge in [-0.05, 0) is 61.0 Å². The topological polar surface area (TPSA) is 57.8 Å². The maximum absolute atomic E-state index is 12.2. The lowest BCUT2D eigenvalue weighted by Crippen LogP contribution is -2.11. The minimum atomic E-state index is -0.118. The molecule has 3 aromatic carbocycles. The lowest BCUT2D eigenvalue weighted by molar-refractivity contribution is 0.102. The molecule has 0 aliphatic rings. The van der Waals surface area contributed by atoms with Crippen LogP contribution in [0, 0.1) is 6.92 Å². The summed E-state index contributed by atoms with van der Waals surface area (Å²) in [6.45, 7) is 2.06. The molecule has 0 unspecified atom stereocenters. The van der Waals surface area contributed by atoms with Crippen LogP contribution in [0.1, 0.15) is 15.9 Å². The van der Waals surface area contributed by atoms with E-state index < -0.39 is 0 Å². The largest absolute Gasteiger partial charge is 0.338 e. The Morgan fingerprint density at radius 1 is 0.960 bits per heavy atom. The van der Waals surface area contributed by atoms with Gasteiger partial charge in [0.1, 0.15) is 5.82 Å². The zero-order valence-electron chi connectivity index (χ0n) is 13.8. The van der Waals surface area contributed by atoms with Crippen LogP contribution < -0.4 is 5.32 Å². The number of carbonyl (C=O) groups is 1. The van der Waals surface area contributed by atoms with Crippen molar-refractivity contribution in [2.75, 3.05) is 5.32 Å². The molecule has 0 bridgehead atoms. The summed E-state index contributed by atoms with van der Waals surface area (Å²) in [4.78, 5) is 20.1. The van der Waals surface area contributed by atoms with E-state index in [-0.39, 0.29) is 5.91 Å². The molecule has 1 heterocycles. The molecule has 25 heavy (non-hydrogen) atoms. The number of aromatic nitrogens is 2. The van der Waals surface area contributed by atoms with Crippen molar-refractivity contribution in [1.29, 1.82) is 0 Å². The molecule has 0 aliphatic heterocycles. The van der Waals surface area contributed by atoms with Crippen LogP contribution in [0.3, 0.4) is 0 Å². The molecule has 0 spiro atoms. The van der Waals surface area contributed by atoms with Crippen molar-refractivity contribution in [2.24, 2.45) is 0 Å². The fourth-order valence-corrected chi connectivity index (χ4v) is 2.76. The van der Waals surface area contributed by atoms with E-state index in [1.165, 1.54) is 5.56 Å². The summed E-state index contributed by atoms with van der Waals surface area (Å²) in [5, 5.41) is 2.90. The minimum absolute atomic E-state index is 0.118. The second-order valence-corrected chi connectivity index (χ2v) is 6.00. The Morgan fingerprint density at radius 2 is 1.72 bits per heavy atom. The molecule has 0 saturated heterocycles. The van der Waals surface area contributed by atoms with Gasteiger partial charge in [0, 0.05) is 16.8 Å². The first-order valence-electron chi connectivity index (χ1n) is 8.12. The molecule has 4 rings (SSSR count). The average Bonchev–Trinajstić information content (AvgIpc) is 3.06. The molecule has 0 fully saturated rings. The van der Waals surface area contributed by atoms with E-state index in [4.69, 9.17) is 0 Å². The number of hydrogen-bond acceptors (Lipinski definition) is 2. The molecule has 2 N–H and O–H groups in total. The number of benzene rings is 3. The van der Waals surface area contributed by atoms with Gasteiger partial charge in [-0.25, -0.2) is 4.98 Å². The first-order valence-corrected chi connectivity index (χ1v) is 8.12. The zero-order chi connectivity index (χ0) is 17.2. The van der Waals surface area contributed by atoms with Crippen LogP contribution >= 0.6 is 0 Å². The van der Waals surface area contributed by atoms with E-state index >= 15 is 0 Å². The lowest BCUT2D eigenvalue weighted by atomic mass is 10.1. The van der Waals surface area contributed by atoms with Gasteiger partial charge in [-0.15, -0.1) is 0 Å². The number of H-pyrrole nitrogens is 1. The number of carbonyl (C=O) groups excluding carboxylic acids is 1. The van der Waals surface area contributed by atoms with Gasteiger partial charge in [-0.3, -0.25) is 4.79 Å². The van der Waals surface area contributed by atoms with Crippen LogP contribution in [-0.2, 0) is 0 Å². The highest BCUT2D eigenvalue weighted by Crippen LogP contribution is 2.23. The van der Waals surface area contributed by atoms with Crippen molar-refractivity contribution in [3.05, 3.63) is 83.9 Å². The van der Waals surface area contributed by atoms with Crippen LogP contribution in [0.15, 0.2) is 72.8 Å². The van der Waals surface area contributed by atoms with E-state index in [1.807, 2.05) is 48.5 Å². The summed E-state index contributed by atoms with van der Waals surface area (Å²) in [5.41, 5.74) is 5.54. The van der Waals surface area contributed by atoms with Crippen LogP contribution in [0.25, 0.3) is 22.4 Å². The monoisotopic (exact) mass is 327 g/mol. The Labute approximate surface area is 145 Å². The van der Waals surface area contributed by atoms with Crippen molar-refractivity contribution in [3.63, 3.8) is 0 Å². The van der Waals surface area contributed by atoms with Gasteiger partial charge in [0.15, 0.2) is 0 Å². The number of nitrogens with zero attached hydrogens (tertiary/aromatic N) is 1. The second-order valence-electron chi connectivity index (χ2n) is 6.00. The highest BCUT2D eigenvalue weighted by molar-refractivity contribution is 6.04.